The second-order valence-corrected chi connectivity index (χ2v) is 5.55. The van der Waals surface area contributed by atoms with E-state index >= 15 is 0 Å². The summed E-state index contributed by atoms with van der Waals surface area (Å²) in [5.41, 5.74) is 3.02. The Morgan fingerprint density at radius 1 is 1.21 bits per heavy atom. The van der Waals surface area contributed by atoms with Gasteiger partial charge in [0.25, 0.3) is 0 Å². The fourth-order valence-electron chi connectivity index (χ4n) is 2.58. The van der Waals surface area contributed by atoms with Crippen LogP contribution < -0.4 is 0 Å². The molecule has 1 aromatic carbocycles. The van der Waals surface area contributed by atoms with Gasteiger partial charge in [0.1, 0.15) is 0 Å². The molecule has 0 aliphatic carbocycles. The summed E-state index contributed by atoms with van der Waals surface area (Å²) < 4.78 is 0. The van der Waals surface area contributed by atoms with Gasteiger partial charge in [0.15, 0.2) is 0 Å². The molecule has 0 fully saturated rings. The highest BCUT2D eigenvalue weighted by Crippen LogP contribution is 2.26. The molecule has 0 saturated heterocycles. The zero-order valence-corrected chi connectivity index (χ0v) is 12.1. The van der Waals surface area contributed by atoms with Crippen molar-refractivity contribution < 1.29 is 5.11 Å². The van der Waals surface area contributed by atoms with E-state index in [2.05, 4.69) is 31.0 Å². The lowest BCUT2D eigenvalue weighted by molar-refractivity contribution is 0.145. The van der Waals surface area contributed by atoms with Gasteiger partial charge >= 0.3 is 0 Å². The Bertz CT molecular complexity index is 550. The van der Waals surface area contributed by atoms with Gasteiger partial charge in [-0.2, -0.15) is 0 Å². The molecule has 1 N–H and O–H groups in total. The second kappa shape index (κ2) is 6.16. The third kappa shape index (κ3) is 3.54. The fourth-order valence-corrected chi connectivity index (χ4v) is 2.58. The third-order valence-corrected chi connectivity index (χ3v) is 3.64. The van der Waals surface area contributed by atoms with Crippen molar-refractivity contribution in [2.75, 3.05) is 0 Å². The lowest BCUT2D eigenvalue weighted by atomic mass is 9.94. The highest BCUT2D eigenvalue weighted by Gasteiger charge is 2.12. The summed E-state index contributed by atoms with van der Waals surface area (Å²) >= 11 is 0. The Morgan fingerprint density at radius 3 is 2.74 bits per heavy atom. The summed E-state index contributed by atoms with van der Waals surface area (Å²) in [5.74, 6) is 0.562. The van der Waals surface area contributed by atoms with Crippen LogP contribution in [0.15, 0.2) is 30.3 Å². The molecule has 2 atom stereocenters. The number of aromatic nitrogens is 1. The van der Waals surface area contributed by atoms with Gasteiger partial charge < -0.3 is 5.11 Å². The number of nitrogens with zero attached hydrogens (tertiary/aromatic N) is 1. The van der Waals surface area contributed by atoms with Gasteiger partial charge in [0.05, 0.1) is 11.6 Å². The maximum absolute atomic E-state index is 10.3. The predicted molar refractivity (Wildman–Crippen MR) is 80.1 cm³/mol. The van der Waals surface area contributed by atoms with E-state index in [0.717, 1.165) is 28.6 Å². The van der Waals surface area contributed by atoms with Crippen molar-refractivity contribution in [3.63, 3.8) is 0 Å². The molecule has 2 unspecified atom stereocenters. The van der Waals surface area contributed by atoms with Gasteiger partial charge in [0, 0.05) is 11.1 Å². The molecular weight excluding hydrogens is 234 g/mol. The smallest absolute Gasteiger partial charge is 0.0792 e. The maximum Gasteiger partial charge on any atom is 0.0792 e. The first kappa shape index (κ1) is 14.0. The molecule has 1 aromatic heterocycles. The van der Waals surface area contributed by atoms with E-state index in [1.165, 1.54) is 12.8 Å². The van der Waals surface area contributed by atoms with Gasteiger partial charge in [-0.05, 0) is 43.0 Å². The van der Waals surface area contributed by atoms with E-state index in [0.29, 0.717) is 5.92 Å². The van der Waals surface area contributed by atoms with E-state index in [4.69, 9.17) is 0 Å². The topological polar surface area (TPSA) is 33.1 Å². The molecule has 0 amide bonds. The normalized spacial score (nSPS) is 14.5. The SMILES string of the molecule is CCCC(C)CC(O)c1ccc2nc(C)ccc2c1. The Kier molecular flexibility index (Phi) is 4.54. The van der Waals surface area contributed by atoms with E-state index in [-0.39, 0.29) is 6.10 Å². The summed E-state index contributed by atoms with van der Waals surface area (Å²) in [6, 6.07) is 10.1. The average Bonchev–Trinajstić information content (AvgIpc) is 2.38. The first-order chi connectivity index (χ1) is 9.10. The molecule has 0 bridgehead atoms. The highest BCUT2D eigenvalue weighted by atomic mass is 16.3. The molecule has 2 heteroatoms. The van der Waals surface area contributed by atoms with Crippen molar-refractivity contribution in [3.8, 4) is 0 Å². The third-order valence-electron chi connectivity index (χ3n) is 3.64. The molecule has 0 radical (unpaired) electrons. The number of aliphatic hydroxyl groups is 1. The molecule has 19 heavy (non-hydrogen) atoms. The first-order valence-corrected chi connectivity index (χ1v) is 7.15. The molecule has 2 nitrogen and oxygen atoms in total. The van der Waals surface area contributed by atoms with Crippen LogP contribution in [-0.2, 0) is 0 Å². The van der Waals surface area contributed by atoms with Crippen LogP contribution in [0.25, 0.3) is 10.9 Å². The quantitative estimate of drug-likeness (QED) is 0.861. The summed E-state index contributed by atoms with van der Waals surface area (Å²) in [4.78, 5) is 4.48. The molecular formula is C17H23NO. The van der Waals surface area contributed by atoms with Crippen LogP contribution in [-0.4, -0.2) is 10.1 Å². The minimum Gasteiger partial charge on any atom is -0.388 e. The maximum atomic E-state index is 10.3. The molecule has 2 rings (SSSR count). The standard InChI is InChI=1S/C17H23NO/c1-4-5-12(2)10-17(19)15-8-9-16-14(11-15)7-6-13(3)18-16/h6-9,11-12,17,19H,4-5,10H2,1-3H3. The molecule has 0 saturated carbocycles. The molecule has 0 aliphatic heterocycles. The minimum absolute atomic E-state index is 0.368. The Hall–Kier alpha value is -1.41. The number of aliphatic hydroxyl groups excluding tert-OH is 1. The lowest BCUT2D eigenvalue weighted by Crippen LogP contribution is -2.04. The first-order valence-electron chi connectivity index (χ1n) is 7.15. The fraction of sp³-hybridized carbons (Fsp3) is 0.471. The predicted octanol–water partition coefficient (Wildman–Crippen LogP) is 4.40. The highest BCUT2D eigenvalue weighted by molar-refractivity contribution is 5.79. The summed E-state index contributed by atoms with van der Waals surface area (Å²) in [6.45, 7) is 6.39. The summed E-state index contributed by atoms with van der Waals surface area (Å²) in [7, 11) is 0. The number of aryl methyl sites for hydroxylation is 1. The van der Waals surface area contributed by atoms with Crippen LogP contribution >= 0.6 is 0 Å². The van der Waals surface area contributed by atoms with Crippen molar-refractivity contribution in [1.29, 1.82) is 0 Å². The van der Waals surface area contributed by atoms with Crippen LogP contribution in [0, 0.1) is 12.8 Å². The minimum atomic E-state index is -0.368. The number of hydrogen-bond donors (Lipinski definition) is 1. The second-order valence-electron chi connectivity index (χ2n) is 5.55. The van der Waals surface area contributed by atoms with Crippen molar-refractivity contribution >= 4 is 10.9 Å². The molecule has 2 aromatic rings. The van der Waals surface area contributed by atoms with Gasteiger partial charge in [-0.25, -0.2) is 0 Å². The Morgan fingerprint density at radius 2 is 2.00 bits per heavy atom. The van der Waals surface area contributed by atoms with Crippen LogP contribution in [0.2, 0.25) is 0 Å². The number of hydrogen-bond acceptors (Lipinski definition) is 2. The number of benzene rings is 1. The van der Waals surface area contributed by atoms with Crippen molar-refractivity contribution in [2.24, 2.45) is 5.92 Å². The zero-order valence-electron chi connectivity index (χ0n) is 12.1. The lowest BCUT2D eigenvalue weighted by Gasteiger charge is -2.16. The van der Waals surface area contributed by atoms with Crippen molar-refractivity contribution in [1.82, 2.24) is 4.98 Å². The van der Waals surface area contributed by atoms with Crippen molar-refractivity contribution in [3.05, 3.63) is 41.6 Å². The number of rotatable bonds is 5. The average molecular weight is 257 g/mol. The zero-order chi connectivity index (χ0) is 13.8. The molecule has 1 heterocycles. The van der Waals surface area contributed by atoms with Crippen LogP contribution in [0.3, 0.4) is 0 Å². The number of fused-ring (bicyclic) bond motifs is 1. The van der Waals surface area contributed by atoms with E-state index in [1.54, 1.807) is 0 Å². The summed E-state index contributed by atoms with van der Waals surface area (Å²) in [6.07, 6.45) is 2.81. The Balaban J connectivity index is 2.18. The van der Waals surface area contributed by atoms with Crippen LogP contribution in [0.5, 0.6) is 0 Å². The van der Waals surface area contributed by atoms with Gasteiger partial charge in [-0.3, -0.25) is 4.98 Å². The Labute approximate surface area is 115 Å². The van der Waals surface area contributed by atoms with Crippen molar-refractivity contribution in [2.45, 2.75) is 46.1 Å². The summed E-state index contributed by atoms with van der Waals surface area (Å²) in [5, 5.41) is 11.4. The van der Waals surface area contributed by atoms with E-state index in [1.807, 2.05) is 25.1 Å². The van der Waals surface area contributed by atoms with Crippen LogP contribution in [0.1, 0.15) is 50.5 Å². The van der Waals surface area contributed by atoms with E-state index < -0.39 is 0 Å². The largest absolute Gasteiger partial charge is 0.388 e. The monoisotopic (exact) mass is 257 g/mol. The molecule has 0 aliphatic rings. The van der Waals surface area contributed by atoms with Crippen LogP contribution in [0.4, 0.5) is 0 Å². The molecule has 0 spiro atoms. The van der Waals surface area contributed by atoms with E-state index in [9.17, 15) is 5.11 Å². The number of pyridine rings is 1. The van der Waals surface area contributed by atoms with Gasteiger partial charge in [0.2, 0.25) is 0 Å². The van der Waals surface area contributed by atoms with Gasteiger partial charge in [-0.15, -0.1) is 0 Å². The van der Waals surface area contributed by atoms with Gasteiger partial charge in [-0.1, -0.05) is 38.8 Å². The molecule has 102 valence electrons.